The van der Waals surface area contributed by atoms with Crippen LogP contribution in [0.25, 0.3) is 0 Å². The summed E-state index contributed by atoms with van der Waals surface area (Å²) in [5, 5.41) is 10.1. The van der Waals surface area contributed by atoms with Crippen molar-refractivity contribution >= 4 is 5.91 Å². The third kappa shape index (κ3) is 8.17. The van der Waals surface area contributed by atoms with E-state index in [0.29, 0.717) is 50.2 Å². The minimum absolute atomic E-state index is 0.0576. The summed E-state index contributed by atoms with van der Waals surface area (Å²) in [6, 6.07) is 5.57. The summed E-state index contributed by atoms with van der Waals surface area (Å²) >= 11 is 0. The highest BCUT2D eigenvalue weighted by Crippen LogP contribution is 2.38. The molecule has 11 heteroatoms. The summed E-state index contributed by atoms with van der Waals surface area (Å²) in [5.41, 5.74) is -2.67. The van der Waals surface area contributed by atoms with Gasteiger partial charge in [0.1, 0.15) is 5.82 Å². The van der Waals surface area contributed by atoms with Gasteiger partial charge in [0.15, 0.2) is 0 Å². The second kappa shape index (κ2) is 11.4. The predicted octanol–water partition coefficient (Wildman–Crippen LogP) is 6.40. The lowest BCUT2D eigenvalue weighted by Crippen LogP contribution is -2.46. The van der Waals surface area contributed by atoms with Crippen molar-refractivity contribution in [2.75, 3.05) is 26.7 Å². The quantitative estimate of drug-likeness (QED) is 0.398. The largest absolute Gasteiger partial charge is 0.416 e. The van der Waals surface area contributed by atoms with E-state index in [1.165, 1.54) is 19.2 Å². The Morgan fingerprint density at radius 2 is 1.62 bits per heavy atom. The van der Waals surface area contributed by atoms with Crippen LogP contribution in [0.5, 0.6) is 0 Å². The second-order valence-electron chi connectivity index (χ2n) is 11.0. The lowest BCUT2D eigenvalue weighted by Gasteiger charge is -2.40. The first-order valence-electron chi connectivity index (χ1n) is 12.6. The number of amides is 1. The Kier molecular flexibility index (Phi) is 9.06. The number of halogens is 7. The number of piperidine rings is 1. The monoisotopic (exact) mass is 562 g/mol. The van der Waals surface area contributed by atoms with E-state index < -0.39 is 53.3 Å². The molecule has 1 heterocycles. The Balaban J connectivity index is 1.89. The first-order chi connectivity index (χ1) is 17.8. The molecule has 2 aromatic carbocycles. The van der Waals surface area contributed by atoms with E-state index in [4.69, 9.17) is 0 Å². The van der Waals surface area contributed by atoms with E-state index in [1.54, 1.807) is 26.8 Å². The maximum Gasteiger partial charge on any atom is 0.416 e. The smallest absolute Gasteiger partial charge is 0.390 e. The van der Waals surface area contributed by atoms with Crippen LogP contribution in [0.4, 0.5) is 30.7 Å². The number of benzene rings is 2. The van der Waals surface area contributed by atoms with E-state index in [1.807, 2.05) is 0 Å². The third-order valence-electron chi connectivity index (χ3n) is 7.13. The van der Waals surface area contributed by atoms with Crippen LogP contribution in [0.2, 0.25) is 0 Å². The van der Waals surface area contributed by atoms with Crippen molar-refractivity contribution in [2.45, 2.75) is 64.0 Å². The first kappa shape index (κ1) is 30.9. The summed E-state index contributed by atoms with van der Waals surface area (Å²) in [7, 11) is 1.35. The van der Waals surface area contributed by atoms with Gasteiger partial charge in [0.25, 0.3) is 0 Å². The molecule has 0 spiro atoms. The van der Waals surface area contributed by atoms with Gasteiger partial charge in [0, 0.05) is 38.5 Å². The fraction of sp³-hybridized carbons (Fsp3) is 0.536. The van der Waals surface area contributed by atoms with Gasteiger partial charge in [-0.1, -0.05) is 6.07 Å². The molecule has 216 valence electrons. The SMILES string of the molecule is Cc1cc(F)ccc1C1CN(CCC(C)(C)O)CCC1C(=O)N(C)Cc1cc(C(F)(F)F)cc(C(F)(F)F)c1. The average molecular weight is 563 g/mol. The maximum absolute atomic E-state index is 13.8. The molecule has 0 bridgehead atoms. The molecule has 1 N–H and O–H groups in total. The van der Waals surface area contributed by atoms with Gasteiger partial charge < -0.3 is 14.9 Å². The van der Waals surface area contributed by atoms with E-state index in [9.17, 15) is 40.6 Å². The van der Waals surface area contributed by atoms with Crippen LogP contribution in [0, 0.1) is 18.7 Å². The van der Waals surface area contributed by atoms with Crippen molar-refractivity contribution < 1.29 is 40.6 Å². The lowest BCUT2D eigenvalue weighted by atomic mass is 9.78. The normalized spacial score (nSPS) is 19.3. The molecule has 2 atom stereocenters. The number of hydrogen-bond acceptors (Lipinski definition) is 3. The van der Waals surface area contributed by atoms with Crippen LogP contribution in [0.1, 0.15) is 60.4 Å². The highest BCUT2D eigenvalue weighted by atomic mass is 19.4. The van der Waals surface area contributed by atoms with Crippen LogP contribution < -0.4 is 0 Å². The molecule has 39 heavy (non-hydrogen) atoms. The Morgan fingerprint density at radius 1 is 1.03 bits per heavy atom. The van der Waals surface area contributed by atoms with Gasteiger partial charge in [-0.2, -0.15) is 26.3 Å². The Hall–Kier alpha value is -2.66. The topological polar surface area (TPSA) is 43.8 Å². The summed E-state index contributed by atoms with van der Waals surface area (Å²) in [6.07, 6.45) is -9.11. The van der Waals surface area contributed by atoms with Crippen LogP contribution in [0.3, 0.4) is 0 Å². The third-order valence-corrected chi connectivity index (χ3v) is 7.13. The number of carbonyl (C=O) groups excluding carboxylic acids is 1. The number of alkyl halides is 6. The standard InChI is InChI=1S/C28H33F7N2O2/c1-17-11-21(29)5-6-22(17)24-16-37(10-8-26(2,3)39)9-7-23(24)25(38)36(4)15-18-12-19(27(30,31)32)14-20(13-18)28(33,34)35/h5-6,11-14,23-24,39H,7-10,15-16H2,1-4H3. The number of carbonyl (C=O) groups is 1. The van der Waals surface area contributed by atoms with Gasteiger partial charge in [-0.3, -0.25) is 4.79 Å². The fourth-order valence-corrected chi connectivity index (χ4v) is 5.07. The molecule has 0 aliphatic carbocycles. The molecule has 2 unspecified atom stereocenters. The Bertz CT molecular complexity index is 1140. The molecule has 4 nitrogen and oxygen atoms in total. The van der Waals surface area contributed by atoms with E-state index in [2.05, 4.69) is 4.90 Å². The average Bonchev–Trinajstić information content (AvgIpc) is 2.80. The number of hydrogen-bond donors (Lipinski definition) is 1. The summed E-state index contributed by atoms with van der Waals surface area (Å²) in [5.74, 6) is -1.86. The zero-order valence-corrected chi connectivity index (χ0v) is 22.3. The van der Waals surface area contributed by atoms with Crippen molar-refractivity contribution in [3.63, 3.8) is 0 Å². The Labute approximate surface area is 223 Å². The number of nitrogens with zero attached hydrogens (tertiary/aromatic N) is 2. The lowest BCUT2D eigenvalue weighted by molar-refractivity contribution is -0.143. The van der Waals surface area contributed by atoms with Gasteiger partial charge >= 0.3 is 12.4 Å². The molecule has 1 aliphatic heterocycles. The van der Waals surface area contributed by atoms with Crippen LogP contribution in [0.15, 0.2) is 36.4 Å². The Morgan fingerprint density at radius 3 is 2.13 bits per heavy atom. The zero-order chi connectivity index (χ0) is 29.3. The van der Waals surface area contributed by atoms with E-state index in [0.717, 1.165) is 10.5 Å². The summed E-state index contributed by atoms with van der Waals surface area (Å²) < 4.78 is 93.7. The molecule has 1 aliphatic rings. The minimum atomic E-state index is -4.99. The van der Waals surface area contributed by atoms with Crippen LogP contribution >= 0.6 is 0 Å². The van der Waals surface area contributed by atoms with Crippen LogP contribution in [-0.4, -0.2) is 53.1 Å². The number of aryl methyl sites for hydroxylation is 1. The molecular weight excluding hydrogens is 529 g/mol. The van der Waals surface area contributed by atoms with Gasteiger partial charge in [-0.05, 0) is 87.2 Å². The van der Waals surface area contributed by atoms with Gasteiger partial charge in [0.05, 0.1) is 16.7 Å². The minimum Gasteiger partial charge on any atom is -0.390 e. The van der Waals surface area contributed by atoms with Crippen molar-refractivity contribution in [2.24, 2.45) is 5.92 Å². The molecule has 0 aromatic heterocycles. The molecular formula is C28H33F7N2O2. The highest BCUT2D eigenvalue weighted by Gasteiger charge is 2.39. The number of rotatable bonds is 7. The molecule has 0 radical (unpaired) electrons. The molecule has 3 rings (SSSR count). The van der Waals surface area contributed by atoms with E-state index in [-0.39, 0.29) is 17.5 Å². The molecule has 1 fully saturated rings. The molecule has 0 saturated carbocycles. The summed E-state index contributed by atoms with van der Waals surface area (Å²) in [6.45, 7) is 6.16. The predicted molar refractivity (Wildman–Crippen MR) is 132 cm³/mol. The van der Waals surface area contributed by atoms with Gasteiger partial charge in [0.2, 0.25) is 5.91 Å². The van der Waals surface area contributed by atoms with Gasteiger partial charge in [-0.25, -0.2) is 4.39 Å². The van der Waals surface area contributed by atoms with Crippen molar-refractivity contribution in [3.8, 4) is 0 Å². The fourth-order valence-electron chi connectivity index (χ4n) is 5.07. The maximum atomic E-state index is 13.8. The zero-order valence-electron chi connectivity index (χ0n) is 22.3. The van der Waals surface area contributed by atoms with Crippen LogP contribution in [-0.2, 0) is 23.7 Å². The summed E-state index contributed by atoms with van der Waals surface area (Å²) in [4.78, 5) is 16.8. The number of aliphatic hydroxyl groups is 1. The second-order valence-corrected chi connectivity index (χ2v) is 11.0. The van der Waals surface area contributed by atoms with E-state index >= 15 is 0 Å². The number of likely N-dealkylation sites (tertiary alicyclic amines) is 1. The van der Waals surface area contributed by atoms with Gasteiger partial charge in [-0.15, -0.1) is 0 Å². The first-order valence-corrected chi connectivity index (χ1v) is 12.6. The molecule has 1 amide bonds. The highest BCUT2D eigenvalue weighted by molar-refractivity contribution is 5.80. The van der Waals surface area contributed by atoms with Crippen molar-refractivity contribution in [1.82, 2.24) is 9.80 Å². The molecule has 1 saturated heterocycles. The van der Waals surface area contributed by atoms with Crippen molar-refractivity contribution in [1.29, 1.82) is 0 Å². The molecule has 2 aromatic rings. The van der Waals surface area contributed by atoms with Crippen molar-refractivity contribution in [3.05, 3.63) is 70.0 Å².